The van der Waals surface area contributed by atoms with E-state index in [9.17, 15) is 9.18 Å². The van der Waals surface area contributed by atoms with E-state index >= 15 is 0 Å². The van der Waals surface area contributed by atoms with Crippen molar-refractivity contribution in [2.75, 3.05) is 0 Å². The molecule has 0 atom stereocenters. The molecule has 2 heterocycles. The largest absolute Gasteiger partial charge is 0.268 e. The molecule has 0 amide bonds. The highest BCUT2D eigenvalue weighted by Gasteiger charge is 2.18. The lowest BCUT2D eigenvalue weighted by Gasteiger charge is -2.17. The molecule has 0 radical (unpaired) electrons. The van der Waals surface area contributed by atoms with Gasteiger partial charge in [-0.1, -0.05) is 12.1 Å². The minimum absolute atomic E-state index is 0.0754. The van der Waals surface area contributed by atoms with Crippen LogP contribution in [0, 0.1) is 5.82 Å². The van der Waals surface area contributed by atoms with Gasteiger partial charge in [0.2, 0.25) is 0 Å². The van der Waals surface area contributed by atoms with E-state index in [2.05, 4.69) is 15.2 Å². The third-order valence-corrected chi connectivity index (χ3v) is 4.76. The van der Waals surface area contributed by atoms with E-state index in [4.69, 9.17) is 0 Å². The topological polar surface area (TPSA) is 58.6 Å². The molecule has 0 bridgehead atoms. The molecule has 0 saturated carbocycles. The lowest BCUT2D eigenvalue weighted by Crippen LogP contribution is -2.23. The molecule has 0 fully saturated rings. The molecule has 0 spiro atoms. The van der Waals surface area contributed by atoms with Gasteiger partial charge in [0, 0.05) is 35.5 Å². The van der Waals surface area contributed by atoms with Crippen LogP contribution < -0.4 is 5.56 Å². The summed E-state index contributed by atoms with van der Waals surface area (Å²) in [5.41, 5.74) is 4.99. The highest BCUT2D eigenvalue weighted by atomic mass is 19.1. The quantitative estimate of drug-likeness (QED) is 0.798. The molecule has 1 N–H and O–H groups in total. The smallest absolute Gasteiger partial charge is 0.267 e. The van der Waals surface area contributed by atoms with Crippen molar-refractivity contribution < 1.29 is 4.39 Å². The van der Waals surface area contributed by atoms with E-state index in [0.29, 0.717) is 12.0 Å². The molecule has 126 valence electrons. The number of hydrogen-bond acceptors (Lipinski definition) is 3. The Kier molecular flexibility index (Phi) is 4.14. The zero-order chi connectivity index (χ0) is 17.2. The Hall–Kier alpha value is -2.82. The molecule has 1 aliphatic carbocycles. The van der Waals surface area contributed by atoms with Gasteiger partial charge in [-0.15, -0.1) is 0 Å². The summed E-state index contributed by atoms with van der Waals surface area (Å²) in [5.74, 6) is -0.270. The standard InChI is InChI=1S/C20H18FN3O/c21-18-8-7-13(10-17(18)14-4-3-9-22-12-14)11-19-15-5-1-2-6-16(15)20(25)24-23-19/h3-4,7-10,12H,1-2,5-6,11H2,(H,24,25). The number of halogens is 1. The van der Waals surface area contributed by atoms with Crippen molar-refractivity contribution in [1.29, 1.82) is 0 Å². The first-order chi connectivity index (χ1) is 12.2. The summed E-state index contributed by atoms with van der Waals surface area (Å²) >= 11 is 0. The van der Waals surface area contributed by atoms with Crippen molar-refractivity contribution in [2.24, 2.45) is 0 Å². The van der Waals surface area contributed by atoms with Crippen LogP contribution in [0.3, 0.4) is 0 Å². The first kappa shape index (κ1) is 15.7. The molecule has 0 unspecified atom stereocenters. The Morgan fingerprint density at radius 1 is 1.12 bits per heavy atom. The van der Waals surface area contributed by atoms with E-state index in [1.165, 1.54) is 6.07 Å². The number of nitrogens with one attached hydrogen (secondary N) is 1. The van der Waals surface area contributed by atoms with Crippen LogP contribution in [0.4, 0.5) is 4.39 Å². The maximum atomic E-state index is 14.2. The van der Waals surface area contributed by atoms with Gasteiger partial charge in [-0.05, 0) is 55.0 Å². The van der Waals surface area contributed by atoms with Crippen molar-refractivity contribution in [1.82, 2.24) is 15.2 Å². The normalized spacial score (nSPS) is 13.5. The lowest BCUT2D eigenvalue weighted by atomic mass is 9.90. The number of benzene rings is 1. The van der Waals surface area contributed by atoms with E-state index < -0.39 is 0 Å². The highest BCUT2D eigenvalue weighted by Crippen LogP contribution is 2.26. The van der Waals surface area contributed by atoms with Gasteiger partial charge in [-0.3, -0.25) is 9.78 Å². The first-order valence-electron chi connectivity index (χ1n) is 8.50. The van der Waals surface area contributed by atoms with Crippen LogP contribution in [0.1, 0.15) is 35.2 Å². The van der Waals surface area contributed by atoms with Gasteiger partial charge < -0.3 is 0 Å². The van der Waals surface area contributed by atoms with Crippen LogP contribution in [0.5, 0.6) is 0 Å². The Morgan fingerprint density at radius 3 is 2.76 bits per heavy atom. The maximum Gasteiger partial charge on any atom is 0.267 e. The summed E-state index contributed by atoms with van der Waals surface area (Å²) in [7, 11) is 0. The van der Waals surface area contributed by atoms with Crippen molar-refractivity contribution in [3.8, 4) is 11.1 Å². The minimum Gasteiger partial charge on any atom is -0.268 e. The molecule has 3 aromatic rings. The van der Waals surface area contributed by atoms with Crippen molar-refractivity contribution >= 4 is 0 Å². The van der Waals surface area contributed by atoms with Crippen molar-refractivity contribution in [3.05, 3.63) is 81.3 Å². The third-order valence-electron chi connectivity index (χ3n) is 4.76. The highest BCUT2D eigenvalue weighted by molar-refractivity contribution is 5.64. The predicted octanol–water partition coefficient (Wildman–Crippen LogP) is 3.44. The molecule has 25 heavy (non-hydrogen) atoms. The zero-order valence-electron chi connectivity index (χ0n) is 13.8. The van der Waals surface area contributed by atoms with Crippen LogP contribution in [-0.4, -0.2) is 15.2 Å². The predicted molar refractivity (Wildman–Crippen MR) is 93.9 cm³/mol. The average molecular weight is 335 g/mol. The summed E-state index contributed by atoms with van der Waals surface area (Å²) in [6.07, 6.45) is 7.72. The zero-order valence-corrected chi connectivity index (χ0v) is 13.8. The molecule has 0 saturated heterocycles. The van der Waals surface area contributed by atoms with Gasteiger partial charge in [-0.2, -0.15) is 5.10 Å². The summed E-state index contributed by atoms with van der Waals surface area (Å²) in [6, 6.07) is 8.73. The number of aromatic nitrogens is 3. The summed E-state index contributed by atoms with van der Waals surface area (Å²) in [5, 5.41) is 6.88. The fourth-order valence-electron chi connectivity index (χ4n) is 3.49. The number of aromatic amines is 1. The molecule has 1 aliphatic rings. The SMILES string of the molecule is O=c1[nH]nc(Cc2ccc(F)c(-c3cccnc3)c2)c2c1CCCC2. The Labute approximate surface area is 144 Å². The van der Waals surface area contributed by atoms with E-state index in [-0.39, 0.29) is 11.4 Å². The Bertz CT molecular complexity index is 966. The molecule has 4 nitrogen and oxygen atoms in total. The van der Waals surface area contributed by atoms with E-state index in [1.807, 2.05) is 12.1 Å². The molecule has 4 rings (SSSR count). The number of H-pyrrole nitrogens is 1. The van der Waals surface area contributed by atoms with Crippen LogP contribution >= 0.6 is 0 Å². The Morgan fingerprint density at radius 2 is 1.96 bits per heavy atom. The second-order valence-electron chi connectivity index (χ2n) is 6.40. The molecule has 5 heteroatoms. The second kappa shape index (κ2) is 6.59. The monoisotopic (exact) mass is 335 g/mol. The summed E-state index contributed by atoms with van der Waals surface area (Å²) < 4.78 is 14.2. The molecule has 2 aromatic heterocycles. The average Bonchev–Trinajstić information content (AvgIpc) is 2.66. The van der Waals surface area contributed by atoms with Gasteiger partial charge in [0.05, 0.1) is 5.69 Å². The van der Waals surface area contributed by atoms with Crippen molar-refractivity contribution in [2.45, 2.75) is 32.1 Å². The van der Waals surface area contributed by atoms with E-state index in [0.717, 1.165) is 53.6 Å². The van der Waals surface area contributed by atoms with Crippen LogP contribution in [-0.2, 0) is 19.3 Å². The van der Waals surface area contributed by atoms with Crippen LogP contribution in [0.2, 0.25) is 0 Å². The second-order valence-corrected chi connectivity index (χ2v) is 6.40. The molecule has 1 aromatic carbocycles. The molecular weight excluding hydrogens is 317 g/mol. The van der Waals surface area contributed by atoms with Gasteiger partial charge in [0.15, 0.2) is 0 Å². The first-order valence-corrected chi connectivity index (χ1v) is 8.50. The van der Waals surface area contributed by atoms with Crippen LogP contribution in [0.15, 0.2) is 47.5 Å². The maximum absolute atomic E-state index is 14.2. The van der Waals surface area contributed by atoms with Crippen molar-refractivity contribution in [3.63, 3.8) is 0 Å². The van der Waals surface area contributed by atoms with Gasteiger partial charge in [0.25, 0.3) is 5.56 Å². The van der Waals surface area contributed by atoms with Crippen LogP contribution in [0.25, 0.3) is 11.1 Å². The summed E-state index contributed by atoms with van der Waals surface area (Å²) in [6.45, 7) is 0. The fourth-order valence-corrected chi connectivity index (χ4v) is 3.49. The fraction of sp³-hybridized carbons (Fsp3) is 0.250. The number of fused-ring (bicyclic) bond motifs is 1. The lowest BCUT2D eigenvalue weighted by molar-refractivity contribution is 0.630. The number of pyridine rings is 1. The van der Waals surface area contributed by atoms with Gasteiger partial charge in [0.1, 0.15) is 5.82 Å². The molecule has 0 aliphatic heterocycles. The number of rotatable bonds is 3. The third kappa shape index (κ3) is 3.09. The Balaban J connectivity index is 1.72. The van der Waals surface area contributed by atoms with Gasteiger partial charge >= 0.3 is 0 Å². The number of nitrogens with zero attached hydrogens (tertiary/aromatic N) is 2. The van der Waals surface area contributed by atoms with E-state index in [1.54, 1.807) is 24.5 Å². The number of hydrogen-bond donors (Lipinski definition) is 1. The summed E-state index contributed by atoms with van der Waals surface area (Å²) in [4.78, 5) is 16.0. The van der Waals surface area contributed by atoms with Gasteiger partial charge in [-0.25, -0.2) is 9.49 Å². The minimum atomic E-state index is -0.270. The molecular formula is C20H18FN3O.